The van der Waals surface area contributed by atoms with Crippen molar-refractivity contribution >= 4 is 11.9 Å². The number of amides is 1. The van der Waals surface area contributed by atoms with Crippen LogP contribution in [0.5, 0.6) is 0 Å². The number of nitrogens with one attached hydrogen (secondary N) is 1. The summed E-state index contributed by atoms with van der Waals surface area (Å²) in [6.07, 6.45) is 1.04. The molecule has 0 atom stereocenters. The standard InChI is InChI=1S/C9H16N4O2/c1-6(2)15-9(14)11-4-7-5-12-13(3)8(7)10/h5-6H,4,10H2,1-3H3,(H,11,14). The van der Waals surface area contributed by atoms with Gasteiger partial charge in [0.2, 0.25) is 0 Å². The second-order valence-electron chi connectivity index (χ2n) is 3.49. The number of hydrogen-bond acceptors (Lipinski definition) is 4. The van der Waals surface area contributed by atoms with Gasteiger partial charge in [-0.25, -0.2) is 4.79 Å². The largest absolute Gasteiger partial charge is 0.447 e. The third-order valence-corrected chi connectivity index (χ3v) is 1.83. The van der Waals surface area contributed by atoms with Crippen molar-refractivity contribution < 1.29 is 9.53 Å². The number of nitrogens with zero attached hydrogens (tertiary/aromatic N) is 2. The fourth-order valence-electron chi connectivity index (χ4n) is 1.05. The van der Waals surface area contributed by atoms with Crippen molar-refractivity contribution in [1.82, 2.24) is 15.1 Å². The van der Waals surface area contributed by atoms with Gasteiger partial charge in [-0.05, 0) is 13.8 Å². The first kappa shape index (κ1) is 11.4. The zero-order chi connectivity index (χ0) is 11.4. The van der Waals surface area contributed by atoms with Crippen molar-refractivity contribution in [1.29, 1.82) is 0 Å². The summed E-state index contributed by atoms with van der Waals surface area (Å²) in [5.74, 6) is 0.542. The van der Waals surface area contributed by atoms with Crippen molar-refractivity contribution in [3.8, 4) is 0 Å². The quantitative estimate of drug-likeness (QED) is 0.770. The van der Waals surface area contributed by atoms with Crippen LogP contribution in [-0.4, -0.2) is 22.0 Å². The molecule has 0 aliphatic rings. The minimum absolute atomic E-state index is 0.128. The maximum Gasteiger partial charge on any atom is 0.407 e. The van der Waals surface area contributed by atoms with E-state index >= 15 is 0 Å². The van der Waals surface area contributed by atoms with Crippen LogP contribution in [0.25, 0.3) is 0 Å². The number of carbonyl (C=O) groups excluding carboxylic acids is 1. The number of aromatic nitrogens is 2. The first-order chi connectivity index (χ1) is 7.00. The van der Waals surface area contributed by atoms with Crippen LogP contribution in [0.2, 0.25) is 0 Å². The number of nitrogen functional groups attached to an aromatic ring is 1. The molecule has 1 aromatic rings. The van der Waals surface area contributed by atoms with Crippen molar-refractivity contribution in [3.63, 3.8) is 0 Å². The molecule has 1 heterocycles. The molecule has 3 N–H and O–H groups in total. The summed E-state index contributed by atoms with van der Waals surface area (Å²) in [4.78, 5) is 11.1. The molecular formula is C9H16N4O2. The molecule has 1 rings (SSSR count). The van der Waals surface area contributed by atoms with Crippen LogP contribution in [-0.2, 0) is 18.3 Å². The number of alkyl carbamates (subject to hydrolysis) is 1. The third kappa shape index (κ3) is 3.16. The van der Waals surface area contributed by atoms with E-state index in [1.165, 1.54) is 0 Å². The highest BCUT2D eigenvalue weighted by Gasteiger charge is 2.08. The minimum Gasteiger partial charge on any atom is -0.447 e. The van der Waals surface area contributed by atoms with Gasteiger partial charge in [0.15, 0.2) is 0 Å². The highest BCUT2D eigenvalue weighted by atomic mass is 16.6. The van der Waals surface area contributed by atoms with E-state index in [0.29, 0.717) is 12.4 Å². The molecule has 0 aromatic carbocycles. The van der Waals surface area contributed by atoms with Crippen LogP contribution in [0.3, 0.4) is 0 Å². The molecule has 1 amide bonds. The number of aryl methyl sites for hydroxylation is 1. The van der Waals surface area contributed by atoms with Gasteiger partial charge >= 0.3 is 6.09 Å². The molecule has 0 saturated carbocycles. The van der Waals surface area contributed by atoms with Crippen LogP contribution in [0, 0.1) is 0 Å². The lowest BCUT2D eigenvalue weighted by Gasteiger charge is -2.08. The zero-order valence-electron chi connectivity index (χ0n) is 9.15. The molecule has 0 radical (unpaired) electrons. The van der Waals surface area contributed by atoms with Gasteiger partial charge in [-0.1, -0.05) is 0 Å². The number of anilines is 1. The number of carbonyl (C=O) groups is 1. The van der Waals surface area contributed by atoms with E-state index in [9.17, 15) is 4.79 Å². The second kappa shape index (κ2) is 4.68. The van der Waals surface area contributed by atoms with Crippen LogP contribution in [0.1, 0.15) is 19.4 Å². The minimum atomic E-state index is -0.451. The molecule has 6 nitrogen and oxygen atoms in total. The van der Waals surface area contributed by atoms with Crippen LogP contribution in [0.15, 0.2) is 6.20 Å². The smallest absolute Gasteiger partial charge is 0.407 e. The van der Waals surface area contributed by atoms with E-state index in [4.69, 9.17) is 10.5 Å². The monoisotopic (exact) mass is 212 g/mol. The fourth-order valence-corrected chi connectivity index (χ4v) is 1.05. The molecule has 0 bridgehead atoms. The first-order valence-corrected chi connectivity index (χ1v) is 4.71. The third-order valence-electron chi connectivity index (χ3n) is 1.83. The van der Waals surface area contributed by atoms with E-state index in [1.54, 1.807) is 31.8 Å². The Balaban J connectivity index is 2.44. The van der Waals surface area contributed by atoms with Crippen molar-refractivity contribution in [3.05, 3.63) is 11.8 Å². The average Bonchev–Trinajstić information content (AvgIpc) is 2.44. The van der Waals surface area contributed by atoms with E-state index in [-0.39, 0.29) is 6.10 Å². The lowest BCUT2D eigenvalue weighted by Crippen LogP contribution is -2.26. The molecule has 0 fully saturated rings. The molecule has 6 heteroatoms. The number of hydrogen-bond donors (Lipinski definition) is 2. The fraction of sp³-hybridized carbons (Fsp3) is 0.556. The lowest BCUT2D eigenvalue weighted by atomic mass is 10.3. The summed E-state index contributed by atoms with van der Waals surface area (Å²) < 4.78 is 6.45. The topological polar surface area (TPSA) is 82.2 Å². The molecule has 0 spiro atoms. The number of nitrogens with two attached hydrogens (primary N) is 1. The maximum absolute atomic E-state index is 11.1. The molecule has 84 valence electrons. The summed E-state index contributed by atoms with van der Waals surface area (Å²) in [5.41, 5.74) is 6.47. The Bertz CT molecular complexity index is 346. The summed E-state index contributed by atoms with van der Waals surface area (Å²) in [7, 11) is 1.74. The molecule has 0 saturated heterocycles. The van der Waals surface area contributed by atoms with Gasteiger partial charge in [-0.15, -0.1) is 0 Å². The normalized spacial score (nSPS) is 10.4. The Morgan fingerprint density at radius 1 is 1.73 bits per heavy atom. The van der Waals surface area contributed by atoms with Crippen LogP contribution in [0.4, 0.5) is 10.6 Å². The van der Waals surface area contributed by atoms with Crippen LogP contribution < -0.4 is 11.1 Å². The van der Waals surface area contributed by atoms with Crippen molar-refractivity contribution in [2.24, 2.45) is 7.05 Å². The van der Waals surface area contributed by atoms with Gasteiger partial charge in [-0.3, -0.25) is 4.68 Å². The van der Waals surface area contributed by atoms with Gasteiger partial charge in [-0.2, -0.15) is 5.10 Å². The molecule has 0 aliphatic heterocycles. The number of ether oxygens (including phenoxy) is 1. The van der Waals surface area contributed by atoms with Gasteiger partial charge in [0.05, 0.1) is 18.8 Å². The first-order valence-electron chi connectivity index (χ1n) is 4.71. The van der Waals surface area contributed by atoms with Crippen molar-refractivity contribution in [2.75, 3.05) is 5.73 Å². The summed E-state index contributed by atoms with van der Waals surface area (Å²) in [6, 6.07) is 0. The number of rotatable bonds is 3. The molecular weight excluding hydrogens is 196 g/mol. The van der Waals surface area contributed by atoms with Gasteiger partial charge < -0.3 is 15.8 Å². The summed E-state index contributed by atoms with van der Waals surface area (Å²) in [6.45, 7) is 3.90. The highest BCUT2D eigenvalue weighted by molar-refractivity contribution is 5.67. The van der Waals surface area contributed by atoms with Crippen LogP contribution >= 0.6 is 0 Å². The Labute approximate surface area is 88.4 Å². The van der Waals surface area contributed by atoms with Gasteiger partial charge in [0, 0.05) is 12.6 Å². The Hall–Kier alpha value is -1.72. The predicted molar refractivity (Wildman–Crippen MR) is 56.1 cm³/mol. The molecule has 15 heavy (non-hydrogen) atoms. The lowest BCUT2D eigenvalue weighted by molar-refractivity contribution is 0.115. The molecule has 0 unspecified atom stereocenters. The Kier molecular flexibility index (Phi) is 3.54. The second-order valence-corrected chi connectivity index (χ2v) is 3.49. The maximum atomic E-state index is 11.1. The van der Waals surface area contributed by atoms with E-state index in [0.717, 1.165) is 5.56 Å². The Morgan fingerprint density at radius 2 is 2.40 bits per heavy atom. The summed E-state index contributed by atoms with van der Waals surface area (Å²) >= 11 is 0. The summed E-state index contributed by atoms with van der Waals surface area (Å²) in [5, 5.41) is 6.54. The van der Waals surface area contributed by atoms with Gasteiger partial charge in [0.1, 0.15) is 5.82 Å². The van der Waals surface area contributed by atoms with Crippen molar-refractivity contribution in [2.45, 2.75) is 26.5 Å². The van der Waals surface area contributed by atoms with Gasteiger partial charge in [0.25, 0.3) is 0 Å². The SMILES string of the molecule is CC(C)OC(=O)NCc1cnn(C)c1N. The van der Waals surface area contributed by atoms with E-state index in [2.05, 4.69) is 10.4 Å². The molecule has 1 aromatic heterocycles. The zero-order valence-corrected chi connectivity index (χ0v) is 9.15. The average molecular weight is 212 g/mol. The predicted octanol–water partition coefficient (Wildman–Crippen LogP) is 0.637. The van der Waals surface area contributed by atoms with E-state index < -0.39 is 6.09 Å². The highest BCUT2D eigenvalue weighted by Crippen LogP contribution is 2.08. The van der Waals surface area contributed by atoms with E-state index in [1.807, 2.05) is 0 Å². The molecule has 0 aliphatic carbocycles. The Morgan fingerprint density at radius 3 is 2.87 bits per heavy atom.